The lowest BCUT2D eigenvalue weighted by atomic mass is 10.1. The summed E-state index contributed by atoms with van der Waals surface area (Å²) in [6.45, 7) is 5.05. The van der Waals surface area contributed by atoms with Gasteiger partial charge in [0.2, 0.25) is 0 Å². The number of nitrogens with one attached hydrogen (secondary N) is 1. The molecule has 3 heterocycles. The van der Waals surface area contributed by atoms with Crippen molar-refractivity contribution in [2.45, 2.75) is 25.8 Å². The van der Waals surface area contributed by atoms with Crippen molar-refractivity contribution in [2.75, 3.05) is 36.6 Å². The van der Waals surface area contributed by atoms with E-state index in [0.29, 0.717) is 31.9 Å². The molecule has 3 aromatic rings. The molecule has 2 aromatic heterocycles. The van der Waals surface area contributed by atoms with Crippen molar-refractivity contribution in [2.24, 2.45) is 10.8 Å². The summed E-state index contributed by atoms with van der Waals surface area (Å²) in [4.78, 5) is 16.0. The zero-order valence-electron chi connectivity index (χ0n) is 18.3. The maximum absolute atomic E-state index is 6.33. The highest BCUT2D eigenvalue weighted by Gasteiger charge is 2.16. The molecule has 0 amide bonds. The molecule has 8 heteroatoms. The molecule has 0 bridgehead atoms. The molecule has 0 radical (unpaired) electrons. The standard InChI is InChI=1S/C24H29N7O/c1-18-5-4-6-19(15-18)17-27-30-23-16-24(31-11-13-32-14-12-31)29-22(28-23)9-8-20(25)21-7-2-3-10-26-21/h2-7,10,15-17,20H,8-9,11-14,25H2,1H3,(H,28,29,30)/b27-17+. The van der Waals surface area contributed by atoms with Crippen LogP contribution < -0.4 is 16.1 Å². The van der Waals surface area contributed by atoms with E-state index in [-0.39, 0.29) is 6.04 Å². The minimum atomic E-state index is -0.164. The number of hydrazone groups is 1. The Hall–Kier alpha value is -3.36. The van der Waals surface area contributed by atoms with E-state index in [9.17, 15) is 0 Å². The third-order valence-electron chi connectivity index (χ3n) is 5.28. The molecule has 4 rings (SSSR count). The molecular formula is C24H29N7O. The number of benzene rings is 1. The van der Waals surface area contributed by atoms with Crippen LogP contribution in [0.4, 0.5) is 11.6 Å². The van der Waals surface area contributed by atoms with Crippen LogP contribution in [-0.4, -0.2) is 47.5 Å². The number of hydrogen-bond donors (Lipinski definition) is 2. The van der Waals surface area contributed by atoms with E-state index in [2.05, 4.69) is 44.5 Å². The van der Waals surface area contributed by atoms with Crippen molar-refractivity contribution in [1.29, 1.82) is 0 Å². The summed E-state index contributed by atoms with van der Waals surface area (Å²) >= 11 is 0. The van der Waals surface area contributed by atoms with Crippen LogP contribution >= 0.6 is 0 Å². The summed E-state index contributed by atoms with van der Waals surface area (Å²) in [6.07, 6.45) is 4.90. The first-order chi connectivity index (χ1) is 15.7. The van der Waals surface area contributed by atoms with Crippen molar-refractivity contribution in [1.82, 2.24) is 15.0 Å². The molecule has 0 spiro atoms. The summed E-state index contributed by atoms with van der Waals surface area (Å²) in [5.74, 6) is 2.26. The van der Waals surface area contributed by atoms with E-state index in [1.165, 1.54) is 5.56 Å². The summed E-state index contributed by atoms with van der Waals surface area (Å²) in [5, 5.41) is 4.38. The minimum Gasteiger partial charge on any atom is -0.378 e. The molecule has 0 saturated carbocycles. The van der Waals surface area contributed by atoms with Crippen molar-refractivity contribution in [3.05, 3.63) is 77.4 Å². The third-order valence-corrected chi connectivity index (χ3v) is 5.28. The van der Waals surface area contributed by atoms with Gasteiger partial charge in [-0.3, -0.25) is 10.4 Å². The average Bonchev–Trinajstić information content (AvgIpc) is 2.83. The zero-order chi connectivity index (χ0) is 22.2. The van der Waals surface area contributed by atoms with Crippen LogP contribution in [0.2, 0.25) is 0 Å². The maximum Gasteiger partial charge on any atom is 0.152 e. The molecule has 1 aromatic carbocycles. The zero-order valence-corrected chi connectivity index (χ0v) is 18.3. The van der Waals surface area contributed by atoms with E-state index in [0.717, 1.165) is 36.0 Å². The van der Waals surface area contributed by atoms with Crippen molar-refractivity contribution in [3.63, 3.8) is 0 Å². The van der Waals surface area contributed by atoms with Gasteiger partial charge in [-0.25, -0.2) is 9.97 Å². The highest BCUT2D eigenvalue weighted by molar-refractivity contribution is 5.80. The predicted molar refractivity (Wildman–Crippen MR) is 127 cm³/mol. The lowest BCUT2D eigenvalue weighted by molar-refractivity contribution is 0.122. The molecule has 3 N–H and O–H groups in total. The van der Waals surface area contributed by atoms with Gasteiger partial charge in [0, 0.05) is 37.8 Å². The first kappa shape index (κ1) is 21.9. The van der Waals surface area contributed by atoms with Crippen molar-refractivity contribution >= 4 is 17.9 Å². The van der Waals surface area contributed by atoms with Crippen LogP contribution in [0.1, 0.15) is 35.1 Å². The lowest BCUT2D eigenvalue weighted by Crippen LogP contribution is -2.37. The highest BCUT2D eigenvalue weighted by atomic mass is 16.5. The normalized spacial score (nSPS) is 15.1. The summed E-state index contributed by atoms with van der Waals surface area (Å²) in [5.41, 5.74) is 12.5. The van der Waals surface area contributed by atoms with E-state index < -0.39 is 0 Å². The van der Waals surface area contributed by atoms with Crippen molar-refractivity contribution < 1.29 is 4.74 Å². The molecule has 1 atom stereocenters. The number of morpholine rings is 1. The number of ether oxygens (including phenoxy) is 1. The van der Waals surface area contributed by atoms with Crippen LogP contribution in [0.3, 0.4) is 0 Å². The number of aromatic nitrogens is 3. The van der Waals surface area contributed by atoms with E-state index >= 15 is 0 Å². The van der Waals surface area contributed by atoms with Crippen LogP contribution in [0, 0.1) is 6.92 Å². The Morgan fingerprint density at radius 1 is 1.16 bits per heavy atom. The number of aryl methyl sites for hydroxylation is 2. The first-order valence-electron chi connectivity index (χ1n) is 10.9. The molecule has 1 aliphatic heterocycles. The molecule has 1 unspecified atom stereocenters. The molecular weight excluding hydrogens is 402 g/mol. The van der Waals surface area contributed by atoms with Gasteiger partial charge in [0.15, 0.2) is 5.82 Å². The largest absolute Gasteiger partial charge is 0.378 e. The second-order valence-electron chi connectivity index (χ2n) is 7.81. The summed E-state index contributed by atoms with van der Waals surface area (Å²) < 4.78 is 5.49. The number of hydrogen-bond acceptors (Lipinski definition) is 8. The highest BCUT2D eigenvalue weighted by Crippen LogP contribution is 2.20. The van der Waals surface area contributed by atoms with Gasteiger partial charge in [0.25, 0.3) is 0 Å². The SMILES string of the molecule is Cc1cccc(/C=N/Nc2cc(N3CCOCC3)nc(CCC(N)c3ccccn3)n2)c1. The number of anilines is 2. The van der Waals surface area contributed by atoms with Crippen LogP contribution in [0.5, 0.6) is 0 Å². The Morgan fingerprint density at radius 2 is 2.03 bits per heavy atom. The van der Waals surface area contributed by atoms with E-state index in [1.54, 1.807) is 12.4 Å². The number of rotatable bonds is 8. The van der Waals surface area contributed by atoms with Gasteiger partial charge in [0.05, 0.1) is 25.1 Å². The molecule has 1 saturated heterocycles. The fourth-order valence-electron chi connectivity index (χ4n) is 3.56. The van der Waals surface area contributed by atoms with Gasteiger partial charge in [-0.15, -0.1) is 0 Å². The average molecular weight is 432 g/mol. The Labute approximate surface area is 188 Å². The van der Waals surface area contributed by atoms with Gasteiger partial charge in [0.1, 0.15) is 11.6 Å². The molecule has 166 valence electrons. The van der Waals surface area contributed by atoms with E-state index in [1.807, 2.05) is 36.4 Å². The van der Waals surface area contributed by atoms with Crippen LogP contribution in [-0.2, 0) is 11.2 Å². The first-order valence-corrected chi connectivity index (χ1v) is 10.9. The molecule has 1 aliphatic rings. The topological polar surface area (TPSA) is 102 Å². The number of pyridine rings is 1. The van der Waals surface area contributed by atoms with Crippen LogP contribution in [0.15, 0.2) is 59.8 Å². The molecule has 0 aliphatic carbocycles. The van der Waals surface area contributed by atoms with Crippen molar-refractivity contribution in [3.8, 4) is 0 Å². The fourth-order valence-corrected chi connectivity index (χ4v) is 3.56. The van der Waals surface area contributed by atoms with E-state index in [4.69, 9.17) is 15.5 Å². The Kier molecular flexibility index (Phi) is 7.37. The number of nitrogens with zero attached hydrogens (tertiary/aromatic N) is 5. The van der Waals surface area contributed by atoms with Crippen LogP contribution in [0.25, 0.3) is 0 Å². The quantitative estimate of drug-likeness (QED) is 0.417. The minimum absolute atomic E-state index is 0.164. The summed E-state index contributed by atoms with van der Waals surface area (Å²) in [6, 6.07) is 15.7. The van der Waals surface area contributed by atoms with Gasteiger partial charge < -0.3 is 15.4 Å². The Balaban J connectivity index is 1.49. The summed E-state index contributed by atoms with van der Waals surface area (Å²) in [7, 11) is 0. The fraction of sp³-hybridized carbons (Fsp3) is 0.333. The van der Waals surface area contributed by atoms with Gasteiger partial charge in [-0.1, -0.05) is 35.9 Å². The van der Waals surface area contributed by atoms with Gasteiger partial charge >= 0.3 is 0 Å². The predicted octanol–water partition coefficient (Wildman–Crippen LogP) is 3.10. The molecule has 8 nitrogen and oxygen atoms in total. The third kappa shape index (κ3) is 6.09. The second kappa shape index (κ2) is 10.8. The smallest absolute Gasteiger partial charge is 0.152 e. The maximum atomic E-state index is 6.33. The monoisotopic (exact) mass is 431 g/mol. The Bertz CT molecular complexity index is 1040. The van der Waals surface area contributed by atoms with Gasteiger partial charge in [-0.2, -0.15) is 5.10 Å². The Morgan fingerprint density at radius 3 is 2.81 bits per heavy atom. The van der Waals surface area contributed by atoms with Gasteiger partial charge in [-0.05, 0) is 31.0 Å². The molecule has 1 fully saturated rings. The second-order valence-corrected chi connectivity index (χ2v) is 7.81. The molecule has 32 heavy (non-hydrogen) atoms. The lowest BCUT2D eigenvalue weighted by Gasteiger charge is -2.28. The number of nitrogens with two attached hydrogens (primary N) is 1.